The molecule has 0 saturated heterocycles. The first-order valence-electron chi connectivity index (χ1n) is 8.76. The van der Waals surface area contributed by atoms with Crippen LogP contribution < -0.4 is 10.1 Å². The molecule has 0 bridgehead atoms. The molecule has 2 N–H and O–H groups in total. The van der Waals surface area contributed by atoms with E-state index in [1.54, 1.807) is 12.1 Å². The van der Waals surface area contributed by atoms with Crippen LogP contribution in [0.1, 0.15) is 44.6 Å². The van der Waals surface area contributed by atoms with Gasteiger partial charge in [-0.3, -0.25) is 4.79 Å². The number of Topliss-reactive ketones (excluding diaryl/α,β-unsaturated/α-hetero) is 1. The fourth-order valence-corrected chi connectivity index (χ4v) is 3.68. The highest BCUT2D eigenvalue weighted by molar-refractivity contribution is 6.03. The van der Waals surface area contributed by atoms with Gasteiger partial charge in [0.25, 0.3) is 0 Å². The number of methoxy groups -OCH3 is 1. The van der Waals surface area contributed by atoms with Gasteiger partial charge in [0.15, 0.2) is 17.3 Å². The molecular formula is C20H23NO5. The molecular weight excluding hydrogens is 334 g/mol. The number of nitrogens with one attached hydrogen (secondary N) is 1. The summed E-state index contributed by atoms with van der Waals surface area (Å²) in [5, 5.41) is 13.2. The third-order valence-electron chi connectivity index (χ3n) is 4.80. The molecule has 2 aliphatic rings. The number of hydrogen-bond donors (Lipinski definition) is 2. The van der Waals surface area contributed by atoms with Gasteiger partial charge in [0.2, 0.25) is 0 Å². The summed E-state index contributed by atoms with van der Waals surface area (Å²) in [7, 11) is 1.33. The third-order valence-corrected chi connectivity index (χ3v) is 4.80. The molecule has 0 spiro atoms. The predicted octanol–water partition coefficient (Wildman–Crippen LogP) is 2.93. The maximum absolute atomic E-state index is 12.7. The van der Waals surface area contributed by atoms with Crippen LogP contribution in [-0.4, -0.2) is 30.6 Å². The molecule has 1 atom stereocenters. The normalized spacial score (nSPS) is 19.8. The Hall–Kier alpha value is -2.76. The van der Waals surface area contributed by atoms with Gasteiger partial charge in [0, 0.05) is 29.3 Å². The van der Waals surface area contributed by atoms with E-state index in [0.29, 0.717) is 35.6 Å². The van der Waals surface area contributed by atoms with Crippen LogP contribution in [0.3, 0.4) is 0 Å². The summed E-state index contributed by atoms with van der Waals surface area (Å²) < 4.78 is 10.5. The van der Waals surface area contributed by atoms with Crippen LogP contribution in [-0.2, 0) is 14.3 Å². The van der Waals surface area contributed by atoms with E-state index in [1.165, 1.54) is 13.2 Å². The number of ketones is 1. The summed E-state index contributed by atoms with van der Waals surface area (Å²) in [5.41, 5.74) is 3.28. The van der Waals surface area contributed by atoms with Gasteiger partial charge >= 0.3 is 5.97 Å². The van der Waals surface area contributed by atoms with Gasteiger partial charge < -0.3 is 19.9 Å². The lowest BCUT2D eigenvalue weighted by Crippen LogP contribution is -2.34. The van der Waals surface area contributed by atoms with E-state index in [2.05, 4.69) is 5.32 Å². The van der Waals surface area contributed by atoms with Crippen molar-refractivity contribution in [3.05, 3.63) is 46.3 Å². The summed E-state index contributed by atoms with van der Waals surface area (Å²) in [5.74, 6) is -0.629. The Bertz CT molecular complexity index is 821. The average molecular weight is 357 g/mol. The number of ether oxygens (including phenoxy) is 2. The minimum absolute atomic E-state index is 0.0222. The number of dihydropyridines is 1. The molecule has 0 unspecified atom stereocenters. The molecule has 138 valence electrons. The van der Waals surface area contributed by atoms with Crippen LogP contribution in [0.15, 0.2) is 40.7 Å². The number of phenols is 1. The van der Waals surface area contributed by atoms with Crippen molar-refractivity contribution in [3.63, 3.8) is 0 Å². The van der Waals surface area contributed by atoms with Gasteiger partial charge in [-0.1, -0.05) is 6.07 Å². The van der Waals surface area contributed by atoms with Gasteiger partial charge in [-0.05, 0) is 44.4 Å². The van der Waals surface area contributed by atoms with Crippen LogP contribution >= 0.6 is 0 Å². The SMILES string of the molecule is CCOc1cc([C@@H]2C(C(=O)OC)=C(C)NC3=C2C(=O)CCC3)ccc1O. The van der Waals surface area contributed by atoms with Gasteiger partial charge in [0.1, 0.15) is 0 Å². The van der Waals surface area contributed by atoms with Crippen molar-refractivity contribution < 1.29 is 24.2 Å². The van der Waals surface area contributed by atoms with E-state index < -0.39 is 11.9 Å². The standard InChI is InChI=1S/C20H23NO5/c1-4-26-16-10-12(8-9-14(16)22)18-17(20(24)25-3)11(2)21-13-6-5-7-15(23)19(13)18/h8-10,18,21-22H,4-7H2,1-3H3/t18-/m1/s1. The van der Waals surface area contributed by atoms with E-state index >= 15 is 0 Å². The number of allylic oxidation sites excluding steroid dienone is 3. The fraction of sp³-hybridized carbons (Fsp3) is 0.400. The predicted molar refractivity (Wildman–Crippen MR) is 95.8 cm³/mol. The number of carbonyl (C=O) groups is 2. The van der Waals surface area contributed by atoms with Crippen LogP contribution in [0.4, 0.5) is 0 Å². The highest BCUT2D eigenvalue weighted by atomic mass is 16.5. The molecule has 0 fully saturated rings. The first-order valence-corrected chi connectivity index (χ1v) is 8.76. The molecule has 6 heteroatoms. The van der Waals surface area contributed by atoms with Crippen LogP contribution in [0.25, 0.3) is 0 Å². The van der Waals surface area contributed by atoms with Crippen molar-refractivity contribution in [2.24, 2.45) is 0 Å². The molecule has 1 aromatic carbocycles. The summed E-state index contributed by atoms with van der Waals surface area (Å²) in [6, 6.07) is 4.94. The Balaban J connectivity index is 2.19. The molecule has 0 aromatic heterocycles. The fourth-order valence-electron chi connectivity index (χ4n) is 3.68. The van der Waals surface area contributed by atoms with E-state index in [-0.39, 0.29) is 11.5 Å². The Kier molecular flexibility index (Phi) is 5.02. The van der Waals surface area contributed by atoms with Gasteiger partial charge in [-0.15, -0.1) is 0 Å². The quantitative estimate of drug-likeness (QED) is 0.806. The lowest BCUT2D eigenvalue weighted by molar-refractivity contribution is -0.136. The number of carbonyl (C=O) groups excluding carboxylic acids is 2. The summed E-state index contributed by atoms with van der Waals surface area (Å²) in [4.78, 5) is 25.2. The molecule has 1 aliphatic carbocycles. The van der Waals surface area contributed by atoms with Crippen molar-refractivity contribution in [2.75, 3.05) is 13.7 Å². The zero-order valence-corrected chi connectivity index (χ0v) is 15.2. The minimum atomic E-state index is -0.536. The maximum atomic E-state index is 12.7. The Labute approximate surface area is 152 Å². The second kappa shape index (κ2) is 7.23. The lowest BCUT2D eigenvalue weighted by Gasteiger charge is -2.34. The highest BCUT2D eigenvalue weighted by Gasteiger charge is 2.39. The molecule has 0 amide bonds. The van der Waals surface area contributed by atoms with E-state index in [4.69, 9.17) is 9.47 Å². The van der Waals surface area contributed by atoms with Crippen LogP contribution in [0, 0.1) is 0 Å². The third kappa shape index (κ3) is 3.07. The number of rotatable bonds is 4. The number of benzene rings is 1. The van der Waals surface area contributed by atoms with Crippen molar-refractivity contribution >= 4 is 11.8 Å². The molecule has 0 saturated carbocycles. The van der Waals surface area contributed by atoms with E-state index in [9.17, 15) is 14.7 Å². The van der Waals surface area contributed by atoms with Gasteiger partial charge in [-0.2, -0.15) is 0 Å². The second-order valence-corrected chi connectivity index (χ2v) is 6.42. The Morgan fingerprint density at radius 3 is 2.81 bits per heavy atom. The monoisotopic (exact) mass is 357 g/mol. The highest BCUT2D eigenvalue weighted by Crippen LogP contribution is 2.44. The zero-order valence-electron chi connectivity index (χ0n) is 15.2. The van der Waals surface area contributed by atoms with Gasteiger partial charge in [-0.25, -0.2) is 4.79 Å². The summed E-state index contributed by atoms with van der Waals surface area (Å²) in [6.45, 7) is 4.03. The van der Waals surface area contributed by atoms with Crippen LogP contribution in [0.5, 0.6) is 11.5 Å². The molecule has 26 heavy (non-hydrogen) atoms. The lowest BCUT2D eigenvalue weighted by atomic mass is 9.75. The maximum Gasteiger partial charge on any atom is 0.336 e. The van der Waals surface area contributed by atoms with Crippen molar-refractivity contribution in [2.45, 2.75) is 39.0 Å². The minimum Gasteiger partial charge on any atom is -0.504 e. The van der Waals surface area contributed by atoms with Crippen molar-refractivity contribution in [1.82, 2.24) is 5.32 Å². The number of hydrogen-bond acceptors (Lipinski definition) is 6. The summed E-state index contributed by atoms with van der Waals surface area (Å²) >= 11 is 0. The smallest absolute Gasteiger partial charge is 0.336 e. The molecule has 1 aliphatic heterocycles. The van der Waals surface area contributed by atoms with Gasteiger partial charge in [0.05, 0.1) is 19.3 Å². The molecule has 6 nitrogen and oxygen atoms in total. The topological polar surface area (TPSA) is 84.9 Å². The molecule has 1 aromatic rings. The van der Waals surface area contributed by atoms with E-state index in [1.807, 2.05) is 13.8 Å². The van der Waals surface area contributed by atoms with E-state index in [0.717, 1.165) is 24.1 Å². The molecule has 0 radical (unpaired) electrons. The largest absolute Gasteiger partial charge is 0.504 e. The van der Waals surface area contributed by atoms with Crippen molar-refractivity contribution in [1.29, 1.82) is 0 Å². The first kappa shape index (κ1) is 18.0. The first-order chi connectivity index (χ1) is 12.5. The average Bonchev–Trinajstić information content (AvgIpc) is 2.62. The number of aromatic hydroxyl groups is 1. The Morgan fingerprint density at radius 2 is 2.12 bits per heavy atom. The summed E-state index contributed by atoms with van der Waals surface area (Å²) in [6.07, 6.45) is 2.01. The van der Waals surface area contributed by atoms with Crippen molar-refractivity contribution in [3.8, 4) is 11.5 Å². The van der Waals surface area contributed by atoms with Crippen LogP contribution in [0.2, 0.25) is 0 Å². The Morgan fingerprint density at radius 1 is 1.35 bits per heavy atom. The zero-order chi connectivity index (χ0) is 18.8. The molecule has 1 heterocycles. The number of esters is 1. The second-order valence-electron chi connectivity index (χ2n) is 6.42. The molecule has 3 rings (SSSR count). The number of phenolic OH excluding ortho intramolecular Hbond substituents is 1.